The molecule has 1 saturated heterocycles. The van der Waals surface area contributed by atoms with Crippen LogP contribution in [0.1, 0.15) is 12.5 Å². The van der Waals surface area contributed by atoms with E-state index in [0.29, 0.717) is 31.2 Å². The number of benzene rings is 2. The fourth-order valence-corrected chi connectivity index (χ4v) is 3.79. The van der Waals surface area contributed by atoms with Gasteiger partial charge in [-0.05, 0) is 43.3 Å². The molecule has 0 radical (unpaired) electrons. The zero-order chi connectivity index (χ0) is 19.6. The van der Waals surface area contributed by atoms with E-state index in [1.165, 1.54) is 23.6 Å². The molecule has 0 saturated carbocycles. The molecular formula is C19H14ClNO4S2. The molecule has 1 aliphatic heterocycles. The summed E-state index contributed by atoms with van der Waals surface area (Å²) < 4.78 is 5.89. The normalized spacial score (nSPS) is 16.7. The molecule has 2 aromatic carbocycles. The van der Waals surface area contributed by atoms with Crippen LogP contribution in [0.2, 0.25) is 5.02 Å². The van der Waals surface area contributed by atoms with Crippen LogP contribution < -0.4 is 9.64 Å². The van der Waals surface area contributed by atoms with Crippen LogP contribution in [-0.4, -0.2) is 27.4 Å². The summed E-state index contributed by atoms with van der Waals surface area (Å²) in [6.45, 7) is 1.44. The van der Waals surface area contributed by atoms with Gasteiger partial charge in [-0.1, -0.05) is 53.8 Å². The first-order valence-electron chi connectivity index (χ1n) is 7.89. The fourth-order valence-electron chi connectivity index (χ4n) is 2.37. The Morgan fingerprint density at radius 1 is 1.26 bits per heavy atom. The van der Waals surface area contributed by atoms with Crippen LogP contribution in [0.4, 0.5) is 5.69 Å². The Hall–Kier alpha value is -2.35. The van der Waals surface area contributed by atoms with Crippen LogP contribution in [0, 0.1) is 0 Å². The summed E-state index contributed by atoms with van der Waals surface area (Å²) in [7, 11) is 0. The first-order valence-corrected chi connectivity index (χ1v) is 9.49. The number of carbonyl (C=O) groups is 2. The molecule has 0 spiro atoms. The minimum absolute atomic E-state index is 0.256. The number of aliphatic carboxylic acids is 1. The van der Waals surface area contributed by atoms with Crippen molar-refractivity contribution in [2.75, 3.05) is 4.90 Å². The molecule has 0 aromatic heterocycles. The molecule has 1 N–H and O–H groups in total. The molecule has 27 heavy (non-hydrogen) atoms. The smallest absolute Gasteiger partial charge is 0.344 e. The molecule has 1 unspecified atom stereocenters. The number of ether oxygens (including phenoxy) is 1. The number of carboxylic acid groups (broad SMARTS) is 1. The third-order valence-corrected chi connectivity index (χ3v) is 5.29. The van der Waals surface area contributed by atoms with Gasteiger partial charge in [0.1, 0.15) is 5.75 Å². The quantitative estimate of drug-likeness (QED) is 0.564. The second-order valence-corrected chi connectivity index (χ2v) is 7.74. The maximum Gasteiger partial charge on any atom is 0.344 e. The van der Waals surface area contributed by atoms with Crippen molar-refractivity contribution in [2.45, 2.75) is 13.0 Å². The van der Waals surface area contributed by atoms with Crippen molar-refractivity contribution < 1.29 is 19.4 Å². The van der Waals surface area contributed by atoms with Gasteiger partial charge in [-0.25, -0.2) is 4.79 Å². The van der Waals surface area contributed by atoms with Crippen molar-refractivity contribution in [3.05, 3.63) is 64.0 Å². The number of anilines is 1. The molecule has 3 rings (SSSR count). The van der Waals surface area contributed by atoms with Gasteiger partial charge in [0.05, 0.1) is 10.6 Å². The van der Waals surface area contributed by atoms with Gasteiger partial charge in [0.25, 0.3) is 5.91 Å². The molecule has 1 fully saturated rings. The van der Waals surface area contributed by atoms with Gasteiger partial charge in [0, 0.05) is 10.6 Å². The van der Waals surface area contributed by atoms with Gasteiger partial charge >= 0.3 is 5.97 Å². The predicted octanol–water partition coefficient (Wildman–Crippen LogP) is 4.60. The second-order valence-electron chi connectivity index (χ2n) is 5.63. The second kappa shape index (κ2) is 8.12. The lowest BCUT2D eigenvalue weighted by Crippen LogP contribution is -2.27. The summed E-state index contributed by atoms with van der Waals surface area (Å²) in [5.41, 5.74) is 1.23. The van der Waals surface area contributed by atoms with E-state index < -0.39 is 12.1 Å². The monoisotopic (exact) mass is 419 g/mol. The summed E-state index contributed by atoms with van der Waals surface area (Å²) in [4.78, 5) is 25.7. The Kier molecular flexibility index (Phi) is 5.84. The first kappa shape index (κ1) is 19.4. The molecule has 138 valence electrons. The average molecular weight is 420 g/mol. The third-order valence-electron chi connectivity index (χ3n) is 3.74. The molecule has 0 bridgehead atoms. The summed E-state index contributed by atoms with van der Waals surface area (Å²) >= 11 is 12.4. The van der Waals surface area contributed by atoms with Crippen LogP contribution in [0.3, 0.4) is 0 Å². The van der Waals surface area contributed by atoms with Crippen molar-refractivity contribution in [3.63, 3.8) is 0 Å². The molecule has 1 atom stereocenters. The maximum absolute atomic E-state index is 12.8. The largest absolute Gasteiger partial charge is 0.479 e. The maximum atomic E-state index is 12.8. The number of amides is 1. The minimum atomic E-state index is -1.07. The highest BCUT2D eigenvalue weighted by atomic mass is 35.5. The number of halogens is 1. The van der Waals surface area contributed by atoms with Gasteiger partial charge < -0.3 is 9.84 Å². The lowest BCUT2D eigenvalue weighted by molar-refractivity contribution is -0.144. The van der Waals surface area contributed by atoms with Crippen molar-refractivity contribution in [1.82, 2.24) is 0 Å². The highest BCUT2D eigenvalue weighted by Crippen LogP contribution is 2.37. The van der Waals surface area contributed by atoms with Crippen molar-refractivity contribution in [1.29, 1.82) is 0 Å². The number of carboxylic acids is 1. The van der Waals surface area contributed by atoms with Gasteiger partial charge in [-0.15, -0.1) is 0 Å². The number of thiocarbonyl (C=S) groups is 1. The number of hydrogen-bond donors (Lipinski definition) is 1. The molecule has 1 amide bonds. The lowest BCUT2D eigenvalue weighted by Gasteiger charge is -2.14. The van der Waals surface area contributed by atoms with E-state index in [-0.39, 0.29) is 5.91 Å². The standard InChI is InChI=1S/C19H14ClNO4S2/c1-11(18(23)24)25-15-5-3-2-4-12(15)10-16-17(22)21(19(26)27-16)14-8-6-13(20)7-9-14/h2-11H,1H3,(H,23,24)/b16-10+. The average Bonchev–Trinajstić information content (AvgIpc) is 2.91. The van der Waals surface area contributed by atoms with E-state index in [1.54, 1.807) is 54.6 Å². The van der Waals surface area contributed by atoms with Crippen LogP contribution in [0.5, 0.6) is 5.75 Å². The van der Waals surface area contributed by atoms with E-state index in [1.807, 2.05) is 0 Å². The summed E-state index contributed by atoms with van der Waals surface area (Å²) in [5.74, 6) is -0.948. The Morgan fingerprint density at radius 3 is 2.59 bits per heavy atom. The Balaban J connectivity index is 1.90. The number of carbonyl (C=O) groups excluding carboxylic acids is 1. The molecule has 1 aliphatic rings. The Bertz CT molecular complexity index is 943. The molecule has 8 heteroatoms. The van der Waals surface area contributed by atoms with Crippen molar-refractivity contribution in [2.24, 2.45) is 0 Å². The molecule has 0 aliphatic carbocycles. The van der Waals surface area contributed by atoms with Crippen molar-refractivity contribution >= 4 is 63.5 Å². The molecular weight excluding hydrogens is 406 g/mol. The van der Waals surface area contributed by atoms with E-state index >= 15 is 0 Å². The van der Waals surface area contributed by atoms with Crippen LogP contribution in [0.25, 0.3) is 6.08 Å². The molecule has 5 nitrogen and oxygen atoms in total. The fraction of sp³-hybridized carbons (Fsp3) is 0.105. The van der Waals surface area contributed by atoms with Gasteiger partial charge in [-0.3, -0.25) is 9.69 Å². The number of nitrogens with zero attached hydrogens (tertiary/aromatic N) is 1. The van der Waals surface area contributed by atoms with Crippen molar-refractivity contribution in [3.8, 4) is 5.75 Å². The molecule has 1 heterocycles. The van der Waals surface area contributed by atoms with Gasteiger partial charge in [0.15, 0.2) is 10.4 Å². The van der Waals surface area contributed by atoms with Crippen LogP contribution >= 0.6 is 35.6 Å². The third kappa shape index (κ3) is 4.32. The summed E-state index contributed by atoms with van der Waals surface area (Å²) in [6, 6.07) is 13.8. The number of rotatable bonds is 5. The zero-order valence-electron chi connectivity index (χ0n) is 14.1. The highest BCUT2D eigenvalue weighted by molar-refractivity contribution is 8.27. The van der Waals surface area contributed by atoms with Crippen LogP contribution in [-0.2, 0) is 9.59 Å². The first-order chi connectivity index (χ1) is 12.9. The van der Waals surface area contributed by atoms with Gasteiger partial charge in [-0.2, -0.15) is 0 Å². The summed E-state index contributed by atoms with van der Waals surface area (Å²) in [5, 5.41) is 9.61. The number of thioether (sulfide) groups is 1. The lowest BCUT2D eigenvalue weighted by atomic mass is 10.1. The molecule has 2 aromatic rings. The SMILES string of the molecule is CC(Oc1ccccc1/C=C1/SC(=S)N(c2ccc(Cl)cc2)C1=O)C(=O)O. The predicted molar refractivity (Wildman–Crippen MR) is 111 cm³/mol. The highest BCUT2D eigenvalue weighted by Gasteiger charge is 2.33. The number of hydrogen-bond acceptors (Lipinski definition) is 5. The topological polar surface area (TPSA) is 66.8 Å². The zero-order valence-corrected chi connectivity index (χ0v) is 16.5. The van der Waals surface area contributed by atoms with Crippen LogP contribution in [0.15, 0.2) is 53.4 Å². The van der Waals surface area contributed by atoms with E-state index in [9.17, 15) is 9.59 Å². The minimum Gasteiger partial charge on any atom is -0.479 e. The van der Waals surface area contributed by atoms with E-state index in [2.05, 4.69) is 0 Å². The number of para-hydroxylation sites is 1. The van der Waals surface area contributed by atoms with E-state index in [4.69, 9.17) is 33.7 Å². The summed E-state index contributed by atoms with van der Waals surface area (Å²) in [6.07, 6.45) is 0.641. The Labute approximate surface area is 170 Å². The Morgan fingerprint density at radius 2 is 1.93 bits per heavy atom. The van der Waals surface area contributed by atoms with E-state index in [0.717, 1.165) is 0 Å². The van der Waals surface area contributed by atoms with Gasteiger partial charge in [0.2, 0.25) is 0 Å².